The molecule has 0 radical (unpaired) electrons. The van der Waals surface area contributed by atoms with Crippen molar-refractivity contribution in [3.8, 4) is 0 Å². The average Bonchev–Trinajstić information content (AvgIpc) is 2.70. The van der Waals surface area contributed by atoms with Crippen molar-refractivity contribution in [3.05, 3.63) is 10.1 Å². The number of fused-ring (bicyclic) bond motifs is 1. The second-order valence-electron chi connectivity index (χ2n) is 4.01. The van der Waals surface area contributed by atoms with E-state index >= 15 is 0 Å². The molecule has 92 valence electrons. The standard InChI is InChI=1S/C8H13NO7/c10-5-3-14-7-6(5)15-4-8(7,11)1-2-16-9(12)13/h5-7,10-11H,1-4H2/t5-,6+,7-,8-/m0/s1. The van der Waals surface area contributed by atoms with E-state index in [0.717, 1.165) is 0 Å². The van der Waals surface area contributed by atoms with Crippen LogP contribution in [0.2, 0.25) is 0 Å². The van der Waals surface area contributed by atoms with E-state index in [1.54, 1.807) is 0 Å². The molecule has 2 heterocycles. The molecule has 8 heteroatoms. The van der Waals surface area contributed by atoms with Gasteiger partial charge in [-0.2, -0.15) is 0 Å². The van der Waals surface area contributed by atoms with Gasteiger partial charge in [0.15, 0.2) is 0 Å². The van der Waals surface area contributed by atoms with Crippen LogP contribution < -0.4 is 0 Å². The van der Waals surface area contributed by atoms with Crippen molar-refractivity contribution < 1.29 is 29.6 Å². The number of hydrogen-bond donors (Lipinski definition) is 2. The molecule has 0 bridgehead atoms. The largest absolute Gasteiger partial charge is 0.388 e. The number of ether oxygens (including phenoxy) is 2. The molecule has 2 fully saturated rings. The van der Waals surface area contributed by atoms with Gasteiger partial charge in [-0.1, -0.05) is 0 Å². The Labute approximate surface area is 90.8 Å². The van der Waals surface area contributed by atoms with E-state index in [-0.39, 0.29) is 26.2 Å². The van der Waals surface area contributed by atoms with Crippen LogP contribution in [0.3, 0.4) is 0 Å². The molecule has 0 amide bonds. The Kier molecular flexibility index (Phi) is 2.98. The van der Waals surface area contributed by atoms with Gasteiger partial charge in [0.05, 0.1) is 19.8 Å². The summed E-state index contributed by atoms with van der Waals surface area (Å²) in [6.45, 7) is -0.135. The fourth-order valence-electron chi connectivity index (χ4n) is 2.09. The third kappa shape index (κ3) is 1.96. The molecule has 2 N–H and O–H groups in total. The zero-order chi connectivity index (χ0) is 11.8. The SMILES string of the molecule is O=[N+]([O-])OCC[C@]1(O)CO[C@@H]2[C@@H](O)CO[C@@H]21. The Morgan fingerprint density at radius 1 is 1.56 bits per heavy atom. The topological polar surface area (TPSA) is 111 Å². The second kappa shape index (κ2) is 4.13. The van der Waals surface area contributed by atoms with E-state index in [1.165, 1.54) is 0 Å². The first-order valence-corrected chi connectivity index (χ1v) is 4.94. The Morgan fingerprint density at radius 2 is 2.31 bits per heavy atom. The highest BCUT2D eigenvalue weighted by Crippen LogP contribution is 2.36. The molecule has 0 saturated carbocycles. The van der Waals surface area contributed by atoms with Gasteiger partial charge < -0.3 is 24.5 Å². The Hall–Kier alpha value is -0.960. The number of hydrogen-bond acceptors (Lipinski definition) is 7. The van der Waals surface area contributed by atoms with Gasteiger partial charge in [0.25, 0.3) is 5.09 Å². The van der Waals surface area contributed by atoms with Crippen LogP contribution in [0.25, 0.3) is 0 Å². The normalized spacial score (nSPS) is 42.0. The molecule has 0 aromatic heterocycles. The first-order valence-electron chi connectivity index (χ1n) is 4.94. The van der Waals surface area contributed by atoms with E-state index in [1.807, 2.05) is 0 Å². The highest BCUT2D eigenvalue weighted by atomic mass is 16.9. The lowest BCUT2D eigenvalue weighted by Gasteiger charge is -2.25. The van der Waals surface area contributed by atoms with E-state index in [2.05, 4.69) is 4.84 Å². The molecule has 4 atom stereocenters. The van der Waals surface area contributed by atoms with Crippen molar-refractivity contribution >= 4 is 0 Å². The first-order chi connectivity index (χ1) is 7.53. The Bertz CT molecular complexity index is 286. The van der Waals surface area contributed by atoms with Gasteiger partial charge >= 0.3 is 0 Å². The van der Waals surface area contributed by atoms with E-state index in [4.69, 9.17) is 9.47 Å². The van der Waals surface area contributed by atoms with Crippen molar-refractivity contribution in [1.82, 2.24) is 0 Å². The lowest BCUT2D eigenvalue weighted by Crippen LogP contribution is -2.44. The van der Waals surface area contributed by atoms with Crippen LogP contribution in [0.15, 0.2) is 0 Å². The molecule has 0 unspecified atom stereocenters. The second-order valence-corrected chi connectivity index (χ2v) is 4.01. The summed E-state index contributed by atoms with van der Waals surface area (Å²) in [5.41, 5.74) is -1.32. The molecule has 8 nitrogen and oxygen atoms in total. The summed E-state index contributed by atoms with van der Waals surface area (Å²) in [6.07, 6.45) is -1.92. The highest BCUT2D eigenvalue weighted by Gasteiger charge is 2.55. The van der Waals surface area contributed by atoms with Crippen LogP contribution in [-0.2, 0) is 14.3 Å². The lowest BCUT2D eigenvalue weighted by atomic mass is 9.93. The summed E-state index contributed by atoms with van der Waals surface area (Å²) >= 11 is 0. The molecule has 0 aliphatic carbocycles. The molecule has 0 spiro atoms. The molecular formula is C8H13NO7. The summed E-state index contributed by atoms with van der Waals surface area (Å²) in [5.74, 6) is 0. The minimum Gasteiger partial charge on any atom is -0.388 e. The monoisotopic (exact) mass is 235 g/mol. The van der Waals surface area contributed by atoms with Gasteiger partial charge in [0, 0.05) is 6.42 Å². The maximum absolute atomic E-state index is 10.1. The van der Waals surface area contributed by atoms with E-state index < -0.39 is 29.0 Å². The summed E-state index contributed by atoms with van der Waals surface area (Å²) in [4.78, 5) is 14.1. The molecule has 2 aliphatic rings. The zero-order valence-corrected chi connectivity index (χ0v) is 8.44. The Morgan fingerprint density at radius 3 is 3.00 bits per heavy atom. The fourth-order valence-corrected chi connectivity index (χ4v) is 2.09. The molecule has 0 aromatic rings. The van der Waals surface area contributed by atoms with E-state index in [0.29, 0.717) is 0 Å². The molecule has 16 heavy (non-hydrogen) atoms. The van der Waals surface area contributed by atoms with Gasteiger partial charge in [-0.15, -0.1) is 10.1 Å². The van der Waals surface area contributed by atoms with Crippen LogP contribution in [-0.4, -0.2) is 59.0 Å². The number of aliphatic hydroxyl groups excluding tert-OH is 1. The maximum Gasteiger partial charge on any atom is 0.294 e. The van der Waals surface area contributed by atoms with Gasteiger partial charge in [-0.3, -0.25) is 0 Å². The van der Waals surface area contributed by atoms with Crippen LogP contribution in [0.4, 0.5) is 0 Å². The maximum atomic E-state index is 10.1. The van der Waals surface area contributed by atoms with Crippen LogP contribution in [0, 0.1) is 10.1 Å². The summed E-state index contributed by atoms with van der Waals surface area (Å²) in [5, 5.41) is 28.6. The van der Waals surface area contributed by atoms with Crippen molar-refractivity contribution in [3.63, 3.8) is 0 Å². The predicted molar refractivity (Wildman–Crippen MR) is 48.0 cm³/mol. The van der Waals surface area contributed by atoms with Crippen LogP contribution >= 0.6 is 0 Å². The number of nitrogens with zero attached hydrogens (tertiary/aromatic N) is 1. The minimum atomic E-state index is -1.32. The summed E-state index contributed by atoms with van der Waals surface area (Å²) in [7, 11) is 0. The van der Waals surface area contributed by atoms with Crippen LogP contribution in [0.5, 0.6) is 0 Å². The van der Waals surface area contributed by atoms with Gasteiger partial charge in [-0.05, 0) is 0 Å². The zero-order valence-electron chi connectivity index (χ0n) is 8.44. The lowest BCUT2D eigenvalue weighted by molar-refractivity contribution is -0.758. The quantitative estimate of drug-likeness (QED) is 0.449. The van der Waals surface area contributed by atoms with Gasteiger partial charge in [-0.25, -0.2) is 0 Å². The molecule has 2 saturated heterocycles. The van der Waals surface area contributed by atoms with Crippen molar-refractivity contribution in [1.29, 1.82) is 0 Å². The third-order valence-electron chi connectivity index (χ3n) is 2.91. The summed E-state index contributed by atoms with van der Waals surface area (Å²) < 4.78 is 10.4. The minimum absolute atomic E-state index is 0.0134. The van der Waals surface area contributed by atoms with Crippen LogP contribution in [0.1, 0.15) is 6.42 Å². The number of rotatable bonds is 4. The number of aliphatic hydroxyl groups is 2. The van der Waals surface area contributed by atoms with Gasteiger partial charge in [0.1, 0.15) is 23.9 Å². The molecule has 2 rings (SSSR count). The van der Waals surface area contributed by atoms with Crippen molar-refractivity contribution in [2.75, 3.05) is 19.8 Å². The van der Waals surface area contributed by atoms with E-state index in [9.17, 15) is 20.3 Å². The van der Waals surface area contributed by atoms with Crippen molar-refractivity contribution in [2.45, 2.75) is 30.3 Å². The fraction of sp³-hybridized carbons (Fsp3) is 1.00. The summed E-state index contributed by atoms with van der Waals surface area (Å²) in [6, 6.07) is 0. The molecule has 0 aromatic carbocycles. The van der Waals surface area contributed by atoms with Gasteiger partial charge in [0.2, 0.25) is 0 Å². The highest BCUT2D eigenvalue weighted by molar-refractivity contribution is 5.03. The predicted octanol–water partition coefficient (Wildman–Crippen LogP) is -1.53. The molecular weight excluding hydrogens is 222 g/mol. The first kappa shape index (κ1) is 11.5. The Balaban J connectivity index is 1.90. The molecule has 2 aliphatic heterocycles. The smallest absolute Gasteiger partial charge is 0.294 e. The average molecular weight is 235 g/mol. The third-order valence-corrected chi connectivity index (χ3v) is 2.91. The van der Waals surface area contributed by atoms with Crippen molar-refractivity contribution in [2.24, 2.45) is 0 Å².